The van der Waals surface area contributed by atoms with E-state index in [1.807, 2.05) is 33.9 Å². The number of aryl methyl sites for hydroxylation is 2. The van der Waals surface area contributed by atoms with Crippen LogP contribution in [0, 0.1) is 13.8 Å². The Bertz CT molecular complexity index is 529. The highest BCUT2D eigenvalue weighted by atomic mass is 32.2. The van der Waals surface area contributed by atoms with Gasteiger partial charge in [-0.05, 0) is 38.3 Å². The number of rotatable bonds is 8. The Hall–Kier alpha value is -0.980. The summed E-state index contributed by atoms with van der Waals surface area (Å²) in [4.78, 5) is 4.31. The van der Waals surface area contributed by atoms with Crippen molar-refractivity contribution in [2.45, 2.75) is 46.7 Å². The summed E-state index contributed by atoms with van der Waals surface area (Å²) in [5.41, 5.74) is 3.31. The summed E-state index contributed by atoms with van der Waals surface area (Å²) < 4.78 is 25.7. The van der Waals surface area contributed by atoms with E-state index in [-0.39, 0.29) is 11.8 Å². The fourth-order valence-corrected chi connectivity index (χ4v) is 2.94. The first-order chi connectivity index (χ1) is 9.34. The van der Waals surface area contributed by atoms with Gasteiger partial charge in [0.05, 0.1) is 5.75 Å². The van der Waals surface area contributed by atoms with Gasteiger partial charge in [0.15, 0.2) is 0 Å². The maximum absolute atomic E-state index is 11.5. The van der Waals surface area contributed by atoms with Crippen LogP contribution < -0.4 is 10.0 Å². The Labute approximate surface area is 122 Å². The van der Waals surface area contributed by atoms with Crippen LogP contribution in [0.4, 0.5) is 0 Å². The van der Waals surface area contributed by atoms with Gasteiger partial charge >= 0.3 is 0 Å². The molecule has 1 aromatic heterocycles. The van der Waals surface area contributed by atoms with Gasteiger partial charge in [0.2, 0.25) is 10.0 Å². The van der Waals surface area contributed by atoms with Gasteiger partial charge in [-0.15, -0.1) is 0 Å². The Morgan fingerprint density at radius 3 is 2.65 bits per heavy atom. The number of nitrogens with zero attached hydrogens (tertiary/aromatic N) is 1. The van der Waals surface area contributed by atoms with Crippen LogP contribution in [0.1, 0.15) is 37.1 Å². The van der Waals surface area contributed by atoms with Gasteiger partial charge in [0.1, 0.15) is 0 Å². The number of nitrogens with one attached hydrogen (secondary N) is 2. The highest BCUT2D eigenvalue weighted by molar-refractivity contribution is 7.89. The van der Waals surface area contributed by atoms with E-state index < -0.39 is 10.0 Å². The molecule has 0 saturated heterocycles. The summed E-state index contributed by atoms with van der Waals surface area (Å²) in [6.45, 7) is 8.92. The van der Waals surface area contributed by atoms with Crippen molar-refractivity contribution in [3.63, 3.8) is 0 Å². The monoisotopic (exact) mass is 299 g/mol. The number of pyridine rings is 1. The molecule has 1 unspecified atom stereocenters. The number of hydrogen-bond donors (Lipinski definition) is 2. The molecule has 0 radical (unpaired) electrons. The lowest BCUT2D eigenvalue weighted by Gasteiger charge is -2.15. The fraction of sp³-hybridized carbons (Fsp3) is 0.643. The van der Waals surface area contributed by atoms with Crippen molar-refractivity contribution < 1.29 is 8.42 Å². The Kier molecular flexibility index (Phi) is 6.58. The Morgan fingerprint density at radius 1 is 1.35 bits per heavy atom. The average molecular weight is 299 g/mol. The lowest BCUT2D eigenvalue weighted by Crippen LogP contribution is -2.39. The first-order valence-electron chi connectivity index (χ1n) is 6.97. The van der Waals surface area contributed by atoms with Gasteiger partial charge in [-0.3, -0.25) is 4.98 Å². The summed E-state index contributed by atoms with van der Waals surface area (Å²) in [5, 5.41) is 3.29. The maximum Gasteiger partial charge on any atom is 0.211 e. The normalized spacial score (nSPS) is 13.4. The Balaban J connectivity index is 2.39. The molecule has 0 aliphatic heterocycles. The van der Waals surface area contributed by atoms with Gasteiger partial charge in [0.25, 0.3) is 0 Å². The summed E-state index contributed by atoms with van der Waals surface area (Å²) in [6.07, 6.45) is 2.48. The van der Waals surface area contributed by atoms with Crippen LogP contribution in [0.2, 0.25) is 0 Å². The van der Waals surface area contributed by atoms with Crippen molar-refractivity contribution >= 4 is 10.0 Å². The number of sulfonamides is 1. The molecule has 0 aliphatic carbocycles. The minimum atomic E-state index is -3.12. The van der Waals surface area contributed by atoms with Crippen LogP contribution in [0.25, 0.3) is 0 Å². The third kappa shape index (κ3) is 5.98. The molecule has 5 nitrogen and oxygen atoms in total. The quantitative estimate of drug-likeness (QED) is 0.763. The molecule has 2 N–H and O–H groups in total. The second-order valence-electron chi connectivity index (χ2n) is 5.20. The molecule has 1 rings (SSSR count). The van der Waals surface area contributed by atoms with Crippen molar-refractivity contribution in [1.82, 2.24) is 15.0 Å². The Morgan fingerprint density at radius 2 is 2.05 bits per heavy atom. The van der Waals surface area contributed by atoms with E-state index in [2.05, 4.69) is 21.1 Å². The summed E-state index contributed by atoms with van der Waals surface area (Å²) >= 11 is 0. The number of aromatic nitrogens is 1. The lowest BCUT2D eigenvalue weighted by molar-refractivity contribution is 0.523. The molecule has 0 aliphatic rings. The molecule has 0 saturated carbocycles. The van der Waals surface area contributed by atoms with E-state index in [4.69, 9.17) is 0 Å². The van der Waals surface area contributed by atoms with Crippen LogP contribution in [0.3, 0.4) is 0 Å². The van der Waals surface area contributed by atoms with Crippen molar-refractivity contribution in [2.75, 3.05) is 12.3 Å². The predicted octanol–water partition coefficient (Wildman–Crippen LogP) is 1.51. The third-order valence-electron chi connectivity index (χ3n) is 3.13. The zero-order valence-electron chi connectivity index (χ0n) is 12.7. The van der Waals surface area contributed by atoms with Crippen molar-refractivity contribution in [3.05, 3.63) is 29.1 Å². The van der Waals surface area contributed by atoms with Gasteiger partial charge < -0.3 is 5.32 Å². The first kappa shape index (κ1) is 17.1. The third-order valence-corrected chi connectivity index (χ3v) is 4.69. The minimum absolute atomic E-state index is 0.0724. The van der Waals surface area contributed by atoms with Gasteiger partial charge in [-0.2, -0.15) is 0 Å². The molecule has 1 heterocycles. The number of hydrogen-bond acceptors (Lipinski definition) is 4. The fourth-order valence-electron chi connectivity index (χ4n) is 1.76. The van der Waals surface area contributed by atoms with Gasteiger partial charge in [-0.25, -0.2) is 13.1 Å². The molecule has 1 aromatic rings. The van der Waals surface area contributed by atoms with Crippen LogP contribution in [-0.4, -0.2) is 31.7 Å². The zero-order valence-corrected chi connectivity index (χ0v) is 13.5. The van der Waals surface area contributed by atoms with Crippen LogP contribution >= 0.6 is 0 Å². The summed E-state index contributed by atoms with van der Waals surface area (Å²) in [6, 6.07) is 2.17. The van der Waals surface area contributed by atoms with Crippen LogP contribution in [-0.2, 0) is 16.6 Å². The molecule has 0 aromatic carbocycles. The predicted molar refractivity (Wildman–Crippen MR) is 82.1 cm³/mol. The van der Waals surface area contributed by atoms with E-state index in [0.29, 0.717) is 19.5 Å². The molecule has 114 valence electrons. The van der Waals surface area contributed by atoms with E-state index in [1.165, 1.54) is 5.56 Å². The lowest BCUT2D eigenvalue weighted by atomic mass is 10.1. The van der Waals surface area contributed by atoms with E-state index in [9.17, 15) is 8.42 Å². The second kappa shape index (κ2) is 7.71. The molecular weight excluding hydrogens is 274 g/mol. The van der Waals surface area contributed by atoms with Crippen LogP contribution in [0.15, 0.2) is 12.3 Å². The topological polar surface area (TPSA) is 71.1 Å². The maximum atomic E-state index is 11.5. The highest BCUT2D eigenvalue weighted by Gasteiger charge is 2.10. The molecule has 6 heteroatoms. The molecule has 0 fully saturated rings. The van der Waals surface area contributed by atoms with E-state index in [1.54, 1.807) is 0 Å². The zero-order chi connectivity index (χ0) is 15.2. The van der Waals surface area contributed by atoms with E-state index in [0.717, 1.165) is 11.3 Å². The average Bonchev–Trinajstić information content (AvgIpc) is 2.38. The molecule has 0 amide bonds. The van der Waals surface area contributed by atoms with E-state index >= 15 is 0 Å². The molecule has 0 bridgehead atoms. The van der Waals surface area contributed by atoms with Crippen LogP contribution in [0.5, 0.6) is 0 Å². The van der Waals surface area contributed by atoms with Gasteiger partial charge in [-0.1, -0.05) is 13.0 Å². The van der Waals surface area contributed by atoms with Gasteiger partial charge in [0, 0.05) is 31.0 Å². The van der Waals surface area contributed by atoms with Crippen molar-refractivity contribution in [2.24, 2.45) is 0 Å². The molecule has 20 heavy (non-hydrogen) atoms. The van der Waals surface area contributed by atoms with Crippen molar-refractivity contribution in [3.8, 4) is 0 Å². The van der Waals surface area contributed by atoms with Crippen molar-refractivity contribution in [1.29, 1.82) is 0 Å². The second-order valence-corrected chi connectivity index (χ2v) is 7.12. The molecule has 0 spiro atoms. The summed E-state index contributed by atoms with van der Waals surface area (Å²) in [5.74, 6) is 0.181. The SMILES string of the molecule is CCCS(=O)(=O)NCC(C)NCc1cnc(C)c(C)c1. The summed E-state index contributed by atoms with van der Waals surface area (Å²) in [7, 11) is -3.12. The smallest absolute Gasteiger partial charge is 0.211 e. The minimum Gasteiger partial charge on any atom is -0.309 e. The first-order valence-corrected chi connectivity index (χ1v) is 8.62. The standard InChI is InChI=1S/C14H25N3O2S/c1-5-6-20(18,19)17-8-12(3)15-9-14-7-11(2)13(4)16-10-14/h7,10,12,15,17H,5-6,8-9H2,1-4H3. The molecule has 1 atom stereocenters. The molecular formula is C14H25N3O2S. The largest absolute Gasteiger partial charge is 0.309 e. The highest BCUT2D eigenvalue weighted by Crippen LogP contribution is 2.06.